The van der Waals surface area contributed by atoms with Gasteiger partial charge in [0.2, 0.25) is 0 Å². The average molecular weight is 339 g/mol. The molecule has 5 heteroatoms. The topological polar surface area (TPSA) is 39.1 Å². The van der Waals surface area contributed by atoms with Crippen molar-refractivity contribution in [2.24, 2.45) is 5.92 Å². The first-order valence-electron chi connectivity index (χ1n) is 8.83. The monoisotopic (exact) mass is 339 g/mol. The van der Waals surface area contributed by atoms with Crippen molar-refractivity contribution in [3.05, 3.63) is 59.9 Å². The molecule has 0 aliphatic carbocycles. The Bertz CT molecular complexity index is 855. The van der Waals surface area contributed by atoms with Crippen LogP contribution in [-0.4, -0.2) is 29.2 Å². The molecule has 1 aromatic heterocycles. The Morgan fingerprint density at radius 2 is 1.96 bits per heavy atom. The van der Waals surface area contributed by atoms with Gasteiger partial charge in [0.15, 0.2) is 0 Å². The van der Waals surface area contributed by atoms with Crippen molar-refractivity contribution in [3.63, 3.8) is 0 Å². The van der Waals surface area contributed by atoms with Gasteiger partial charge in [-0.3, -0.25) is 4.57 Å². The molecule has 25 heavy (non-hydrogen) atoms. The molecule has 4 nitrogen and oxygen atoms in total. The average Bonchev–Trinajstić information content (AvgIpc) is 2.99. The smallest absolute Gasteiger partial charge is 0.297 e. The third-order valence-corrected chi connectivity index (χ3v) is 4.76. The van der Waals surface area contributed by atoms with Gasteiger partial charge >= 0.3 is 0 Å². The molecule has 0 radical (unpaired) electrons. The summed E-state index contributed by atoms with van der Waals surface area (Å²) >= 11 is 0. The summed E-state index contributed by atoms with van der Waals surface area (Å²) in [6.07, 6.45) is 2.26. The van der Waals surface area contributed by atoms with Crippen LogP contribution < -0.4 is 10.1 Å². The van der Waals surface area contributed by atoms with E-state index in [4.69, 9.17) is 4.74 Å². The van der Waals surface area contributed by atoms with E-state index < -0.39 is 0 Å². The van der Waals surface area contributed by atoms with E-state index in [9.17, 15) is 4.39 Å². The number of para-hydroxylation sites is 2. The highest BCUT2D eigenvalue weighted by Gasteiger charge is 2.17. The Morgan fingerprint density at radius 3 is 2.80 bits per heavy atom. The molecule has 0 amide bonds. The second-order valence-corrected chi connectivity index (χ2v) is 6.60. The summed E-state index contributed by atoms with van der Waals surface area (Å²) in [5.74, 6) is 0.336. The van der Waals surface area contributed by atoms with Crippen LogP contribution in [0.4, 0.5) is 4.39 Å². The summed E-state index contributed by atoms with van der Waals surface area (Å²) < 4.78 is 21.7. The summed E-state index contributed by atoms with van der Waals surface area (Å²) in [4.78, 5) is 4.65. The van der Waals surface area contributed by atoms with Gasteiger partial charge in [-0.15, -0.1) is 0 Å². The molecule has 0 spiro atoms. The van der Waals surface area contributed by atoms with Crippen molar-refractivity contribution >= 4 is 11.0 Å². The van der Waals surface area contributed by atoms with E-state index in [2.05, 4.69) is 10.3 Å². The fourth-order valence-corrected chi connectivity index (χ4v) is 3.38. The maximum absolute atomic E-state index is 13.5. The largest absolute Gasteiger partial charge is 0.464 e. The summed E-state index contributed by atoms with van der Waals surface area (Å²) in [5, 5.41) is 3.37. The highest BCUT2D eigenvalue weighted by molar-refractivity contribution is 5.76. The second-order valence-electron chi connectivity index (χ2n) is 6.60. The number of aromatic nitrogens is 2. The number of hydrogen-bond acceptors (Lipinski definition) is 3. The molecule has 1 aliphatic heterocycles. The number of piperidine rings is 1. The Kier molecular flexibility index (Phi) is 4.65. The lowest BCUT2D eigenvalue weighted by Crippen LogP contribution is -2.30. The van der Waals surface area contributed by atoms with Crippen molar-refractivity contribution in [3.8, 4) is 6.01 Å². The van der Waals surface area contributed by atoms with Gasteiger partial charge < -0.3 is 10.1 Å². The van der Waals surface area contributed by atoms with Gasteiger partial charge in [0.25, 0.3) is 6.01 Å². The summed E-state index contributed by atoms with van der Waals surface area (Å²) in [6, 6.07) is 15.3. The number of hydrogen-bond donors (Lipinski definition) is 1. The normalized spacial score (nSPS) is 15.6. The lowest BCUT2D eigenvalue weighted by Gasteiger charge is -2.22. The van der Waals surface area contributed by atoms with Crippen molar-refractivity contribution in [2.75, 3.05) is 19.7 Å². The molecule has 1 saturated heterocycles. The zero-order chi connectivity index (χ0) is 17.1. The Balaban J connectivity index is 1.61. The first-order valence-corrected chi connectivity index (χ1v) is 8.83. The summed E-state index contributed by atoms with van der Waals surface area (Å²) in [7, 11) is 0. The highest BCUT2D eigenvalue weighted by atomic mass is 19.1. The lowest BCUT2D eigenvalue weighted by molar-refractivity contribution is 0.197. The molecule has 1 aliphatic rings. The first-order chi connectivity index (χ1) is 12.3. The van der Waals surface area contributed by atoms with E-state index in [1.54, 1.807) is 12.1 Å². The van der Waals surface area contributed by atoms with E-state index in [1.165, 1.54) is 6.07 Å². The number of nitrogens with one attached hydrogen (secondary N) is 1. The maximum atomic E-state index is 13.5. The zero-order valence-corrected chi connectivity index (χ0v) is 14.1. The van der Waals surface area contributed by atoms with Crippen molar-refractivity contribution in [1.29, 1.82) is 0 Å². The van der Waals surface area contributed by atoms with Crippen LogP contribution in [0.15, 0.2) is 48.5 Å². The van der Waals surface area contributed by atoms with Gasteiger partial charge in [-0.25, -0.2) is 4.39 Å². The van der Waals surface area contributed by atoms with Crippen LogP contribution in [0.2, 0.25) is 0 Å². The molecule has 0 bridgehead atoms. The molecule has 3 aromatic rings. The molecular weight excluding hydrogens is 317 g/mol. The quantitative estimate of drug-likeness (QED) is 0.772. The van der Waals surface area contributed by atoms with Gasteiger partial charge in [-0.05, 0) is 61.7 Å². The molecule has 1 N–H and O–H groups in total. The van der Waals surface area contributed by atoms with Crippen LogP contribution >= 0.6 is 0 Å². The van der Waals surface area contributed by atoms with Crippen molar-refractivity contribution in [1.82, 2.24) is 14.9 Å². The number of halogens is 1. The molecule has 2 heterocycles. The third-order valence-electron chi connectivity index (χ3n) is 4.76. The minimum atomic E-state index is -0.223. The van der Waals surface area contributed by atoms with Gasteiger partial charge in [0, 0.05) is 0 Å². The number of ether oxygens (including phenoxy) is 1. The third kappa shape index (κ3) is 3.66. The SMILES string of the molecule is Fc1cccc(Cn2c(OCC3CCNCC3)nc3ccccc32)c1. The Morgan fingerprint density at radius 1 is 1.12 bits per heavy atom. The molecule has 4 rings (SSSR count). The molecule has 0 unspecified atom stereocenters. The fourth-order valence-electron chi connectivity index (χ4n) is 3.38. The van der Waals surface area contributed by atoms with Crippen LogP contribution in [0.5, 0.6) is 6.01 Å². The number of benzene rings is 2. The Labute approximate surface area is 146 Å². The highest BCUT2D eigenvalue weighted by Crippen LogP contribution is 2.24. The summed E-state index contributed by atoms with van der Waals surface area (Å²) in [5.41, 5.74) is 2.81. The number of imidazole rings is 1. The van der Waals surface area contributed by atoms with E-state index in [0.29, 0.717) is 25.1 Å². The molecular formula is C20H22FN3O. The second kappa shape index (κ2) is 7.23. The van der Waals surface area contributed by atoms with Gasteiger partial charge in [0.05, 0.1) is 24.2 Å². The number of fused-ring (bicyclic) bond motifs is 1. The van der Waals surface area contributed by atoms with Crippen LogP contribution in [0, 0.1) is 11.7 Å². The Hall–Kier alpha value is -2.40. The van der Waals surface area contributed by atoms with Crippen LogP contribution in [0.1, 0.15) is 18.4 Å². The molecule has 1 fully saturated rings. The fraction of sp³-hybridized carbons (Fsp3) is 0.350. The minimum absolute atomic E-state index is 0.223. The van der Waals surface area contributed by atoms with Gasteiger partial charge in [0.1, 0.15) is 5.82 Å². The van der Waals surface area contributed by atoms with Crippen LogP contribution in [-0.2, 0) is 6.54 Å². The molecule has 2 aromatic carbocycles. The van der Waals surface area contributed by atoms with Crippen LogP contribution in [0.3, 0.4) is 0 Å². The van der Waals surface area contributed by atoms with Gasteiger partial charge in [-0.1, -0.05) is 24.3 Å². The van der Waals surface area contributed by atoms with E-state index >= 15 is 0 Å². The first kappa shape index (κ1) is 16.1. The predicted octanol–water partition coefficient (Wildman–Crippen LogP) is 3.60. The van der Waals surface area contributed by atoms with E-state index in [-0.39, 0.29) is 5.82 Å². The number of nitrogens with zero attached hydrogens (tertiary/aromatic N) is 2. The predicted molar refractivity (Wildman–Crippen MR) is 96.3 cm³/mol. The number of rotatable bonds is 5. The van der Waals surface area contributed by atoms with E-state index in [0.717, 1.165) is 42.5 Å². The van der Waals surface area contributed by atoms with Crippen LogP contribution in [0.25, 0.3) is 11.0 Å². The lowest BCUT2D eigenvalue weighted by atomic mass is 9.99. The van der Waals surface area contributed by atoms with E-state index in [1.807, 2.05) is 34.9 Å². The molecule has 0 atom stereocenters. The standard InChI is InChI=1S/C20H22FN3O/c21-17-5-3-4-16(12-17)13-24-19-7-2-1-6-18(19)23-20(24)25-14-15-8-10-22-11-9-15/h1-7,12,15,22H,8-11,13-14H2. The van der Waals surface area contributed by atoms with Crippen molar-refractivity contribution in [2.45, 2.75) is 19.4 Å². The molecule has 0 saturated carbocycles. The minimum Gasteiger partial charge on any atom is -0.464 e. The summed E-state index contributed by atoms with van der Waals surface area (Å²) in [6.45, 7) is 3.31. The molecule has 130 valence electrons. The van der Waals surface area contributed by atoms with Gasteiger partial charge in [-0.2, -0.15) is 4.98 Å². The maximum Gasteiger partial charge on any atom is 0.297 e. The van der Waals surface area contributed by atoms with Crippen molar-refractivity contribution < 1.29 is 9.13 Å². The zero-order valence-electron chi connectivity index (χ0n) is 14.1.